The highest BCUT2D eigenvalue weighted by Crippen LogP contribution is 2.27. The molecule has 0 bridgehead atoms. The summed E-state index contributed by atoms with van der Waals surface area (Å²) < 4.78 is 0. The smallest absolute Gasteiger partial charge is 0.244 e. The van der Waals surface area contributed by atoms with Gasteiger partial charge in [-0.15, -0.1) is 0 Å². The minimum atomic E-state index is -0.229. The summed E-state index contributed by atoms with van der Waals surface area (Å²) in [6.07, 6.45) is 1.61. The molecule has 1 atom stereocenters. The molecule has 1 aliphatic rings. The minimum absolute atomic E-state index is 0.00708. The van der Waals surface area contributed by atoms with Gasteiger partial charge in [0.15, 0.2) is 5.78 Å². The van der Waals surface area contributed by atoms with E-state index in [2.05, 4.69) is 5.32 Å². The molecular formula is C18H26N2O2. The lowest BCUT2D eigenvalue weighted by Gasteiger charge is -2.27. The van der Waals surface area contributed by atoms with Gasteiger partial charge in [0.2, 0.25) is 5.91 Å². The van der Waals surface area contributed by atoms with Crippen LogP contribution in [-0.4, -0.2) is 30.3 Å². The van der Waals surface area contributed by atoms with E-state index in [1.165, 1.54) is 0 Å². The molecule has 1 aromatic carbocycles. The van der Waals surface area contributed by atoms with Crippen molar-refractivity contribution in [2.24, 2.45) is 5.92 Å². The van der Waals surface area contributed by atoms with Gasteiger partial charge in [-0.2, -0.15) is 0 Å². The first-order chi connectivity index (χ1) is 10.4. The molecule has 0 saturated heterocycles. The van der Waals surface area contributed by atoms with E-state index in [4.69, 9.17) is 0 Å². The van der Waals surface area contributed by atoms with Crippen LogP contribution in [0.2, 0.25) is 0 Å². The zero-order valence-corrected chi connectivity index (χ0v) is 13.9. The summed E-state index contributed by atoms with van der Waals surface area (Å²) in [7, 11) is 0. The van der Waals surface area contributed by atoms with Crippen molar-refractivity contribution in [2.45, 2.75) is 52.6 Å². The first-order valence-corrected chi connectivity index (χ1v) is 8.08. The molecule has 1 aromatic rings. The van der Waals surface area contributed by atoms with Gasteiger partial charge in [-0.05, 0) is 24.5 Å². The van der Waals surface area contributed by atoms with E-state index in [-0.39, 0.29) is 36.2 Å². The Balaban J connectivity index is 2.34. The van der Waals surface area contributed by atoms with Crippen LogP contribution in [0.25, 0.3) is 0 Å². The fourth-order valence-corrected chi connectivity index (χ4v) is 2.77. The molecule has 0 fully saturated rings. The molecule has 1 heterocycles. The van der Waals surface area contributed by atoms with Crippen LogP contribution in [-0.2, 0) is 16.0 Å². The number of nitrogens with zero attached hydrogens (tertiary/aromatic N) is 1. The van der Waals surface area contributed by atoms with E-state index in [0.29, 0.717) is 0 Å². The average Bonchev–Trinajstić information content (AvgIpc) is 2.59. The lowest BCUT2D eigenvalue weighted by atomic mass is 10.1. The highest BCUT2D eigenvalue weighted by molar-refractivity contribution is 6.03. The van der Waals surface area contributed by atoms with Crippen LogP contribution in [0, 0.1) is 5.92 Å². The van der Waals surface area contributed by atoms with Crippen molar-refractivity contribution in [1.29, 1.82) is 0 Å². The molecule has 1 unspecified atom stereocenters. The molecule has 0 aromatic heterocycles. The van der Waals surface area contributed by atoms with Crippen LogP contribution in [0.1, 0.15) is 39.7 Å². The van der Waals surface area contributed by atoms with Gasteiger partial charge in [-0.25, -0.2) is 0 Å². The molecule has 1 aliphatic heterocycles. The predicted molar refractivity (Wildman–Crippen MR) is 89.0 cm³/mol. The van der Waals surface area contributed by atoms with E-state index in [1.54, 1.807) is 4.90 Å². The number of Topliss-reactive ketones (excluding diaryl/α,β-unsaturated/α-hetero) is 1. The number of benzene rings is 1. The normalized spacial score (nSPS) is 18.5. The van der Waals surface area contributed by atoms with Crippen LogP contribution < -0.4 is 10.2 Å². The molecule has 1 amide bonds. The van der Waals surface area contributed by atoms with Gasteiger partial charge in [0.1, 0.15) is 0 Å². The lowest BCUT2D eigenvalue weighted by Crippen LogP contribution is -2.49. The molecule has 0 radical (unpaired) electrons. The summed E-state index contributed by atoms with van der Waals surface area (Å²) in [4.78, 5) is 26.8. The van der Waals surface area contributed by atoms with E-state index < -0.39 is 0 Å². The van der Waals surface area contributed by atoms with Crippen molar-refractivity contribution in [3.05, 3.63) is 29.8 Å². The summed E-state index contributed by atoms with van der Waals surface area (Å²) in [6.45, 7) is 7.98. The Kier molecular flexibility index (Phi) is 5.35. The van der Waals surface area contributed by atoms with Gasteiger partial charge in [0.25, 0.3) is 0 Å². The Labute approximate surface area is 132 Å². The van der Waals surface area contributed by atoms with Crippen molar-refractivity contribution in [3.8, 4) is 0 Å². The highest BCUT2D eigenvalue weighted by atomic mass is 16.2. The Bertz CT molecular complexity index is 552. The van der Waals surface area contributed by atoms with Crippen LogP contribution in [0.5, 0.6) is 0 Å². The second-order valence-electron chi connectivity index (χ2n) is 6.59. The maximum Gasteiger partial charge on any atom is 0.244 e. The standard InChI is InChI=1S/C18H26N2O2/c1-12(2)17(21)11-20-16-8-6-5-7-14(16)9-10-15(18(20)22)19-13(3)4/h5-8,12-13,15,19H,9-11H2,1-4H3. The molecule has 4 nitrogen and oxygen atoms in total. The van der Waals surface area contributed by atoms with E-state index in [1.807, 2.05) is 52.0 Å². The van der Waals surface area contributed by atoms with Gasteiger partial charge < -0.3 is 10.2 Å². The second kappa shape index (κ2) is 7.05. The largest absolute Gasteiger partial charge is 0.304 e. The van der Waals surface area contributed by atoms with Crippen LogP contribution in [0.3, 0.4) is 0 Å². The van der Waals surface area contributed by atoms with Crippen LogP contribution >= 0.6 is 0 Å². The number of carbonyl (C=O) groups is 2. The number of rotatable bonds is 5. The predicted octanol–water partition coefficient (Wildman–Crippen LogP) is 2.56. The number of fused-ring (bicyclic) bond motifs is 1. The molecule has 0 spiro atoms. The van der Waals surface area contributed by atoms with E-state index >= 15 is 0 Å². The number of aryl methyl sites for hydroxylation is 1. The van der Waals surface area contributed by atoms with E-state index in [9.17, 15) is 9.59 Å². The third-order valence-corrected chi connectivity index (χ3v) is 4.04. The summed E-state index contributed by atoms with van der Waals surface area (Å²) in [5.41, 5.74) is 2.02. The number of para-hydroxylation sites is 1. The molecule has 22 heavy (non-hydrogen) atoms. The molecule has 1 N–H and O–H groups in total. The number of anilines is 1. The zero-order valence-electron chi connectivity index (χ0n) is 13.9. The summed E-state index contributed by atoms with van der Waals surface area (Å²) >= 11 is 0. The van der Waals surface area contributed by atoms with Gasteiger partial charge in [0.05, 0.1) is 12.6 Å². The molecule has 120 valence electrons. The maximum absolute atomic E-state index is 12.9. The van der Waals surface area contributed by atoms with Crippen LogP contribution in [0.15, 0.2) is 24.3 Å². The van der Waals surface area contributed by atoms with Crippen molar-refractivity contribution < 1.29 is 9.59 Å². The summed E-state index contributed by atoms with van der Waals surface area (Å²) in [5, 5.41) is 3.34. The van der Waals surface area contributed by atoms with Crippen molar-refractivity contribution >= 4 is 17.4 Å². The topological polar surface area (TPSA) is 49.4 Å². The highest BCUT2D eigenvalue weighted by Gasteiger charge is 2.31. The SMILES string of the molecule is CC(C)NC1CCc2ccccc2N(CC(=O)C(C)C)C1=O. The molecule has 0 aliphatic carbocycles. The summed E-state index contributed by atoms with van der Waals surface area (Å²) in [6, 6.07) is 7.91. The summed E-state index contributed by atoms with van der Waals surface area (Å²) in [5.74, 6) is 0.0284. The fraction of sp³-hybridized carbons (Fsp3) is 0.556. The molecule has 0 saturated carbocycles. The van der Waals surface area contributed by atoms with Crippen molar-refractivity contribution in [2.75, 3.05) is 11.4 Å². The number of hydrogen-bond donors (Lipinski definition) is 1. The fourth-order valence-electron chi connectivity index (χ4n) is 2.77. The average molecular weight is 302 g/mol. The zero-order chi connectivity index (χ0) is 16.3. The minimum Gasteiger partial charge on any atom is -0.304 e. The third-order valence-electron chi connectivity index (χ3n) is 4.04. The first kappa shape index (κ1) is 16.7. The lowest BCUT2D eigenvalue weighted by molar-refractivity contribution is -0.125. The Hall–Kier alpha value is -1.68. The van der Waals surface area contributed by atoms with Crippen LogP contribution in [0.4, 0.5) is 5.69 Å². The number of amides is 1. The van der Waals surface area contributed by atoms with Gasteiger partial charge in [-0.1, -0.05) is 45.9 Å². The van der Waals surface area contributed by atoms with Gasteiger partial charge in [0, 0.05) is 17.6 Å². The molecule has 4 heteroatoms. The maximum atomic E-state index is 12.9. The van der Waals surface area contributed by atoms with E-state index in [0.717, 1.165) is 24.1 Å². The Morgan fingerprint density at radius 2 is 1.95 bits per heavy atom. The number of ketones is 1. The number of carbonyl (C=O) groups excluding carboxylic acids is 2. The first-order valence-electron chi connectivity index (χ1n) is 8.08. The third kappa shape index (κ3) is 3.74. The van der Waals surface area contributed by atoms with Gasteiger partial charge >= 0.3 is 0 Å². The Morgan fingerprint density at radius 3 is 2.59 bits per heavy atom. The van der Waals surface area contributed by atoms with Gasteiger partial charge in [-0.3, -0.25) is 9.59 Å². The molecule has 2 rings (SSSR count). The number of hydrogen-bond acceptors (Lipinski definition) is 3. The van der Waals surface area contributed by atoms with Crippen molar-refractivity contribution in [3.63, 3.8) is 0 Å². The van der Waals surface area contributed by atoms with Crippen molar-refractivity contribution in [1.82, 2.24) is 5.32 Å². The quantitative estimate of drug-likeness (QED) is 0.909. The number of nitrogens with one attached hydrogen (secondary N) is 1. The Morgan fingerprint density at radius 1 is 1.27 bits per heavy atom. The second-order valence-corrected chi connectivity index (χ2v) is 6.59. The monoisotopic (exact) mass is 302 g/mol. The molecular weight excluding hydrogens is 276 g/mol.